The summed E-state index contributed by atoms with van der Waals surface area (Å²) in [5.74, 6) is -0.772. The normalized spacial score (nSPS) is 14.0. The monoisotopic (exact) mass is 475 g/mol. The van der Waals surface area contributed by atoms with E-state index >= 15 is 0 Å². The number of nitrogens with zero attached hydrogens (tertiary/aromatic N) is 1. The molecule has 28 heavy (non-hydrogen) atoms. The molecule has 0 fully saturated rings. The summed E-state index contributed by atoms with van der Waals surface area (Å²) in [5, 5.41) is 20.6. The van der Waals surface area contributed by atoms with Crippen LogP contribution in [0.5, 0.6) is 5.75 Å². The summed E-state index contributed by atoms with van der Waals surface area (Å²) in [6.45, 7) is 9.52. The summed E-state index contributed by atoms with van der Waals surface area (Å²) < 4.78 is 11.1. The van der Waals surface area contributed by atoms with Gasteiger partial charge >= 0.3 is 5.97 Å². The number of rotatable bonds is 8. The van der Waals surface area contributed by atoms with E-state index < -0.39 is 12.0 Å². The molecule has 0 heterocycles. The maximum atomic E-state index is 12.4. The smallest absolute Gasteiger partial charge is 0.343 e. The third kappa shape index (κ3) is 6.50. The Hall–Kier alpha value is -1.57. The molecule has 1 aromatic carbocycles. The molecule has 0 amide bonds. The summed E-state index contributed by atoms with van der Waals surface area (Å²) in [6, 6.07) is 2.77. The minimum absolute atomic E-state index is 0.128. The van der Waals surface area contributed by atoms with Crippen molar-refractivity contribution < 1.29 is 24.5 Å². The largest absolute Gasteiger partial charge is 0.506 e. The van der Waals surface area contributed by atoms with Crippen molar-refractivity contribution in [2.24, 2.45) is 10.4 Å². The first-order chi connectivity index (χ1) is 13.1. The Bertz CT molecular complexity index is 756. The number of ether oxygens (including phenoxy) is 2. The van der Waals surface area contributed by atoms with Crippen LogP contribution in [-0.2, 0) is 9.53 Å². The number of hydrogen-bond acceptors (Lipinski definition) is 6. The Morgan fingerprint density at radius 3 is 2.46 bits per heavy atom. The molecule has 0 aliphatic heterocycles. The SMILES string of the molecule is CCOC(=O)C(C=NC(CO)C(C)(C)C)=C(O)c1cc(Br)cc(OCC)c1Cl. The number of aliphatic hydroxyl groups is 2. The van der Waals surface area contributed by atoms with Crippen molar-refractivity contribution >= 4 is 45.5 Å². The molecule has 0 spiro atoms. The van der Waals surface area contributed by atoms with Gasteiger partial charge in [-0.05, 0) is 31.4 Å². The first kappa shape index (κ1) is 24.5. The number of esters is 1. The highest BCUT2D eigenvalue weighted by molar-refractivity contribution is 9.10. The van der Waals surface area contributed by atoms with E-state index in [0.717, 1.165) is 0 Å². The van der Waals surface area contributed by atoms with E-state index in [4.69, 9.17) is 21.1 Å². The van der Waals surface area contributed by atoms with Crippen molar-refractivity contribution in [1.82, 2.24) is 0 Å². The molecule has 0 aliphatic carbocycles. The second-order valence-corrected chi connectivity index (χ2v) is 8.32. The highest BCUT2D eigenvalue weighted by Crippen LogP contribution is 2.36. The molecule has 1 aromatic rings. The van der Waals surface area contributed by atoms with E-state index in [-0.39, 0.29) is 40.5 Å². The summed E-state index contributed by atoms with van der Waals surface area (Å²) >= 11 is 9.71. The van der Waals surface area contributed by atoms with Crippen LogP contribution in [0.4, 0.5) is 0 Å². The van der Waals surface area contributed by atoms with Gasteiger partial charge in [0.2, 0.25) is 0 Å². The Balaban J connectivity index is 3.56. The molecule has 0 aromatic heterocycles. The lowest BCUT2D eigenvalue weighted by Gasteiger charge is -2.25. The molecule has 0 radical (unpaired) electrons. The van der Waals surface area contributed by atoms with Crippen LogP contribution in [0.25, 0.3) is 5.76 Å². The van der Waals surface area contributed by atoms with Crippen LogP contribution >= 0.6 is 27.5 Å². The number of hydrogen-bond donors (Lipinski definition) is 2. The van der Waals surface area contributed by atoms with Crippen molar-refractivity contribution in [2.75, 3.05) is 19.8 Å². The third-order valence-corrected chi connectivity index (χ3v) is 4.71. The summed E-state index contributed by atoms with van der Waals surface area (Å²) in [4.78, 5) is 16.7. The van der Waals surface area contributed by atoms with Crippen LogP contribution in [-0.4, -0.2) is 48.3 Å². The zero-order chi connectivity index (χ0) is 21.5. The molecule has 6 nitrogen and oxygen atoms in total. The zero-order valence-electron chi connectivity index (χ0n) is 16.8. The highest BCUT2D eigenvalue weighted by atomic mass is 79.9. The molecule has 1 rings (SSSR count). The molecule has 0 aliphatic rings. The fourth-order valence-corrected chi connectivity index (χ4v) is 2.96. The van der Waals surface area contributed by atoms with Gasteiger partial charge in [0, 0.05) is 16.3 Å². The van der Waals surface area contributed by atoms with E-state index in [9.17, 15) is 15.0 Å². The molecular weight excluding hydrogens is 450 g/mol. The molecule has 2 N–H and O–H groups in total. The number of carbonyl (C=O) groups excluding carboxylic acids is 1. The average molecular weight is 477 g/mol. The van der Waals surface area contributed by atoms with Crippen LogP contribution < -0.4 is 4.74 Å². The number of carbonyl (C=O) groups is 1. The van der Waals surface area contributed by atoms with Crippen molar-refractivity contribution in [1.29, 1.82) is 0 Å². The van der Waals surface area contributed by atoms with Crippen LogP contribution in [0.15, 0.2) is 27.2 Å². The van der Waals surface area contributed by atoms with Crippen molar-refractivity contribution in [3.63, 3.8) is 0 Å². The van der Waals surface area contributed by atoms with Crippen molar-refractivity contribution in [3.05, 3.63) is 32.8 Å². The molecule has 0 saturated heterocycles. The predicted octanol–water partition coefficient (Wildman–Crippen LogP) is 4.81. The van der Waals surface area contributed by atoms with Crippen LogP contribution in [0.1, 0.15) is 40.2 Å². The fraction of sp³-hybridized carbons (Fsp3) is 0.500. The fourth-order valence-electron chi connectivity index (χ4n) is 2.27. The van der Waals surface area contributed by atoms with Crippen LogP contribution in [0.2, 0.25) is 5.02 Å². The van der Waals surface area contributed by atoms with Gasteiger partial charge in [0.25, 0.3) is 0 Å². The van der Waals surface area contributed by atoms with Crippen molar-refractivity contribution in [2.45, 2.75) is 40.7 Å². The van der Waals surface area contributed by atoms with Gasteiger partial charge in [-0.15, -0.1) is 0 Å². The molecular formula is C20H27BrClNO5. The molecule has 1 atom stereocenters. The Morgan fingerprint density at radius 2 is 1.96 bits per heavy atom. The lowest BCUT2D eigenvalue weighted by atomic mass is 9.88. The summed E-state index contributed by atoms with van der Waals surface area (Å²) in [7, 11) is 0. The van der Waals surface area contributed by atoms with Crippen molar-refractivity contribution in [3.8, 4) is 5.75 Å². The van der Waals surface area contributed by atoms with Gasteiger partial charge < -0.3 is 19.7 Å². The number of aliphatic hydroxyl groups excluding tert-OH is 2. The van der Waals surface area contributed by atoms with E-state index in [1.54, 1.807) is 19.1 Å². The second kappa shape index (κ2) is 10.8. The van der Waals surface area contributed by atoms with Gasteiger partial charge in [0.1, 0.15) is 17.1 Å². The number of aliphatic imine (C=N–C) groups is 1. The lowest BCUT2D eigenvalue weighted by Crippen LogP contribution is -2.28. The average Bonchev–Trinajstić information content (AvgIpc) is 2.60. The molecule has 1 unspecified atom stereocenters. The minimum atomic E-state index is -0.747. The molecule has 8 heteroatoms. The Labute approximate surface area is 179 Å². The van der Waals surface area contributed by atoms with Gasteiger partial charge in [-0.25, -0.2) is 4.79 Å². The molecule has 156 valence electrons. The molecule has 0 saturated carbocycles. The summed E-state index contributed by atoms with van der Waals surface area (Å²) in [5.41, 5.74) is -0.298. The lowest BCUT2D eigenvalue weighted by molar-refractivity contribution is -0.137. The highest BCUT2D eigenvalue weighted by Gasteiger charge is 2.25. The predicted molar refractivity (Wildman–Crippen MR) is 115 cm³/mol. The Morgan fingerprint density at radius 1 is 1.32 bits per heavy atom. The Kier molecular flexibility index (Phi) is 9.47. The maximum absolute atomic E-state index is 12.4. The van der Waals surface area contributed by atoms with E-state index in [1.807, 2.05) is 27.7 Å². The molecule has 0 bridgehead atoms. The zero-order valence-corrected chi connectivity index (χ0v) is 19.1. The minimum Gasteiger partial charge on any atom is -0.506 e. The number of benzene rings is 1. The van der Waals surface area contributed by atoms with Gasteiger partial charge in [-0.1, -0.05) is 48.3 Å². The third-order valence-electron chi connectivity index (χ3n) is 3.87. The summed E-state index contributed by atoms with van der Waals surface area (Å²) in [6.07, 6.45) is 1.22. The van der Waals surface area contributed by atoms with Crippen LogP contribution in [0, 0.1) is 5.41 Å². The van der Waals surface area contributed by atoms with E-state index in [1.165, 1.54) is 6.21 Å². The number of halogens is 2. The van der Waals surface area contributed by atoms with Gasteiger partial charge in [0.05, 0.1) is 30.9 Å². The van der Waals surface area contributed by atoms with E-state index in [2.05, 4.69) is 20.9 Å². The van der Waals surface area contributed by atoms with Gasteiger partial charge in [-0.2, -0.15) is 0 Å². The van der Waals surface area contributed by atoms with E-state index in [0.29, 0.717) is 16.8 Å². The topological polar surface area (TPSA) is 88.4 Å². The van der Waals surface area contributed by atoms with Crippen LogP contribution in [0.3, 0.4) is 0 Å². The maximum Gasteiger partial charge on any atom is 0.343 e. The van der Waals surface area contributed by atoms with Gasteiger partial charge in [0.15, 0.2) is 0 Å². The first-order valence-corrected chi connectivity index (χ1v) is 10.1. The first-order valence-electron chi connectivity index (χ1n) is 8.93. The quantitative estimate of drug-likeness (QED) is 0.243. The van der Waals surface area contributed by atoms with Gasteiger partial charge in [-0.3, -0.25) is 4.99 Å². The second-order valence-electron chi connectivity index (χ2n) is 7.02. The standard InChI is InChI=1S/C20H27BrClNO5/c1-6-27-15-9-12(21)8-13(17(15)22)18(25)14(19(26)28-7-2)10-23-16(11-24)20(3,4)5/h8-10,16,24-25H,6-7,11H2,1-5H3.